The van der Waals surface area contributed by atoms with Crippen LogP contribution in [0.2, 0.25) is 0 Å². The molecule has 0 unspecified atom stereocenters. The van der Waals surface area contributed by atoms with Gasteiger partial charge in [-0.15, -0.1) is 10.2 Å². The lowest BCUT2D eigenvalue weighted by Crippen LogP contribution is -2.34. The minimum absolute atomic E-state index is 0.113. The molecule has 0 saturated heterocycles. The molecule has 0 aliphatic heterocycles. The topological polar surface area (TPSA) is 84.4 Å². The van der Waals surface area contributed by atoms with Gasteiger partial charge in [0.25, 0.3) is 0 Å². The van der Waals surface area contributed by atoms with Gasteiger partial charge in [0, 0.05) is 31.0 Å². The Morgan fingerprint density at radius 2 is 1.84 bits per heavy atom. The average Bonchev–Trinajstić information content (AvgIpc) is 3.56. The Morgan fingerprint density at radius 3 is 2.52 bits per heavy atom. The molecule has 1 fully saturated rings. The van der Waals surface area contributed by atoms with Crippen molar-refractivity contribution in [3.63, 3.8) is 0 Å². The van der Waals surface area contributed by atoms with Crippen LogP contribution in [0.1, 0.15) is 24.8 Å². The quantitative estimate of drug-likeness (QED) is 0.548. The van der Waals surface area contributed by atoms with Crippen LogP contribution in [0.5, 0.6) is 5.75 Å². The van der Waals surface area contributed by atoms with E-state index < -0.39 is 0 Å². The van der Waals surface area contributed by atoms with Crippen LogP contribution in [-0.2, 0) is 16.1 Å². The summed E-state index contributed by atoms with van der Waals surface area (Å²) < 4.78 is 5.16. The van der Waals surface area contributed by atoms with E-state index >= 15 is 0 Å². The predicted molar refractivity (Wildman–Crippen MR) is 120 cm³/mol. The Bertz CT molecular complexity index is 1030. The van der Waals surface area contributed by atoms with Crippen molar-refractivity contribution in [2.75, 3.05) is 19.0 Å². The van der Waals surface area contributed by atoms with E-state index in [1.165, 1.54) is 11.3 Å². The summed E-state index contributed by atoms with van der Waals surface area (Å²) in [5.74, 6) is 0.832. The normalized spacial score (nSPS) is 12.9. The van der Waals surface area contributed by atoms with Gasteiger partial charge in [-0.05, 0) is 42.7 Å². The largest absolute Gasteiger partial charge is 0.497 e. The van der Waals surface area contributed by atoms with E-state index in [1.807, 2.05) is 54.6 Å². The second kappa shape index (κ2) is 9.70. The molecular weight excluding hydrogens is 412 g/mol. The fraction of sp³-hybridized carbons (Fsp3) is 0.304. The summed E-state index contributed by atoms with van der Waals surface area (Å²) in [6.07, 6.45) is 2.09. The third kappa shape index (κ3) is 5.67. The number of hydrogen-bond donors (Lipinski definition) is 1. The monoisotopic (exact) mass is 436 g/mol. The summed E-state index contributed by atoms with van der Waals surface area (Å²) in [5, 5.41) is 12.2. The summed E-state index contributed by atoms with van der Waals surface area (Å²) in [4.78, 5) is 26.9. The number of nitrogens with zero attached hydrogens (tertiary/aromatic N) is 3. The van der Waals surface area contributed by atoms with Gasteiger partial charge in [0.05, 0.1) is 7.11 Å². The number of anilines is 1. The maximum absolute atomic E-state index is 12.7. The molecule has 1 aliphatic rings. The molecule has 160 valence electrons. The first kappa shape index (κ1) is 21.0. The van der Waals surface area contributed by atoms with Crippen LogP contribution in [0.3, 0.4) is 0 Å². The van der Waals surface area contributed by atoms with Crippen molar-refractivity contribution in [1.82, 2.24) is 15.1 Å². The van der Waals surface area contributed by atoms with Gasteiger partial charge >= 0.3 is 0 Å². The van der Waals surface area contributed by atoms with E-state index in [-0.39, 0.29) is 24.2 Å². The minimum atomic E-state index is -0.181. The Balaban J connectivity index is 1.33. The molecule has 2 amide bonds. The Labute approximate surface area is 185 Å². The first-order valence-electron chi connectivity index (χ1n) is 10.2. The Hall–Kier alpha value is -3.26. The van der Waals surface area contributed by atoms with Gasteiger partial charge in [-0.2, -0.15) is 0 Å². The first-order valence-corrected chi connectivity index (χ1v) is 11.0. The smallest absolute Gasteiger partial charge is 0.227 e. The molecule has 4 rings (SSSR count). The third-order valence-corrected chi connectivity index (χ3v) is 5.96. The van der Waals surface area contributed by atoms with E-state index in [9.17, 15) is 9.59 Å². The number of benzene rings is 2. The van der Waals surface area contributed by atoms with Gasteiger partial charge in [-0.25, -0.2) is 0 Å². The van der Waals surface area contributed by atoms with Crippen molar-refractivity contribution in [3.05, 3.63) is 60.2 Å². The molecule has 0 spiro atoms. The second-order valence-corrected chi connectivity index (χ2v) is 8.44. The van der Waals surface area contributed by atoms with Gasteiger partial charge in [-0.3, -0.25) is 9.59 Å². The number of carbonyl (C=O) groups is 2. The molecule has 1 aliphatic carbocycles. The lowest BCUT2D eigenvalue weighted by Gasteiger charge is -2.22. The highest BCUT2D eigenvalue weighted by Gasteiger charge is 2.33. The average molecular weight is 437 g/mol. The zero-order chi connectivity index (χ0) is 21.6. The van der Waals surface area contributed by atoms with Crippen molar-refractivity contribution in [2.45, 2.75) is 25.8 Å². The molecular formula is C23H24N4O3S. The fourth-order valence-corrected chi connectivity index (χ4v) is 3.97. The van der Waals surface area contributed by atoms with E-state index in [0.29, 0.717) is 23.2 Å². The maximum Gasteiger partial charge on any atom is 0.227 e. The number of carbonyl (C=O) groups excluding carboxylic acids is 2. The van der Waals surface area contributed by atoms with Crippen LogP contribution < -0.4 is 10.1 Å². The maximum atomic E-state index is 12.7. The molecule has 1 aromatic heterocycles. The van der Waals surface area contributed by atoms with Crippen molar-refractivity contribution in [3.8, 4) is 16.3 Å². The fourth-order valence-electron chi connectivity index (χ4n) is 3.20. The van der Waals surface area contributed by atoms with E-state index in [1.54, 1.807) is 12.0 Å². The molecule has 31 heavy (non-hydrogen) atoms. The van der Waals surface area contributed by atoms with Crippen LogP contribution in [0.4, 0.5) is 5.13 Å². The number of hydrogen-bond acceptors (Lipinski definition) is 6. The van der Waals surface area contributed by atoms with Crippen molar-refractivity contribution >= 4 is 28.3 Å². The molecule has 7 nitrogen and oxygen atoms in total. The Kier molecular flexibility index (Phi) is 6.57. The number of nitrogens with one attached hydrogen (secondary N) is 1. The summed E-state index contributed by atoms with van der Waals surface area (Å²) in [5.41, 5.74) is 1.97. The van der Waals surface area contributed by atoms with E-state index in [4.69, 9.17) is 4.74 Å². The van der Waals surface area contributed by atoms with Gasteiger partial charge < -0.3 is 15.0 Å². The number of rotatable bonds is 9. The molecule has 0 atom stereocenters. The highest BCUT2D eigenvalue weighted by molar-refractivity contribution is 7.18. The third-order valence-electron chi connectivity index (χ3n) is 5.07. The molecule has 3 aromatic rings. The summed E-state index contributed by atoms with van der Waals surface area (Å²) in [7, 11) is 1.62. The first-order chi connectivity index (χ1) is 15.1. The van der Waals surface area contributed by atoms with Crippen LogP contribution >= 0.6 is 11.3 Å². The molecule has 1 heterocycles. The number of methoxy groups -OCH3 is 1. The number of amides is 2. The van der Waals surface area contributed by atoms with Crippen LogP contribution in [-0.4, -0.2) is 40.6 Å². The highest BCUT2D eigenvalue weighted by atomic mass is 32.1. The Morgan fingerprint density at radius 1 is 1.10 bits per heavy atom. The lowest BCUT2D eigenvalue weighted by molar-refractivity contribution is -0.133. The van der Waals surface area contributed by atoms with Crippen molar-refractivity contribution < 1.29 is 14.3 Å². The molecule has 2 aromatic carbocycles. The number of ether oxygens (including phenoxy) is 1. The van der Waals surface area contributed by atoms with Gasteiger partial charge in [0.15, 0.2) is 0 Å². The van der Waals surface area contributed by atoms with Gasteiger partial charge in [0.2, 0.25) is 16.9 Å². The zero-order valence-electron chi connectivity index (χ0n) is 17.3. The van der Waals surface area contributed by atoms with Crippen LogP contribution in [0, 0.1) is 5.92 Å². The molecule has 8 heteroatoms. The van der Waals surface area contributed by atoms with Crippen LogP contribution in [0.25, 0.3) is 10.6 Å². The predicted octanol–water partition coefficient (Wildman–Crippen LogP) is 3.98. The highest BCUT2D eigenvalue weighted by Crippen LogP contribution is 2.32. The zero-order valence-corrected chi connectivity index (χ0v) is 18.1. The van der Waals surface area contributed by atoms with Crippen molar-refractivity contribution in [1.29, 1.82) is 0 Å². The SMILES string of the molecule is COc1ccc(-c2nnc(NC(=O)CCN(Cc3ccccc3)C(=O)C3CC3)s2)cc1. The van der Waals surface area contributed by atoms with Crippen molar-refractivity contribution in [2.24, 2.45) is 5.92 Å². The number of aromatic nitrogens is 2. The summed E-state index contributed by atoms with van der Waals surface area (Å²) >= 11 is 1.31. The standard InChI is InChI=1S/C23H24N4O3S/c1-30-19-11-9-17(10-12-19)21-25-26-23(31-21)24-20(28)13-14-27(22(29)18-7-8-18)15-16-5-3-2-4-6-16/h2-6,9-12,18H,7-8,13-15H2,1H3,(H,24,26,28). The summed E-state index contributed by atoms with van der Waals surface area (Å²) in [6.45, 7) is 0.893. The van der Waals surface area contributed by atoms with Gasteiger partial charge in [-0.1, -0.05) is 41.7 Å². The molecule has 1 saturated carbocycles. The van der Waals surface area contributed by atoms with Crippen LogP contribution in [0.15, 0.2) is 54.6 Å². The van der Waals surface area contributed by atoms with E-state index in [0.717, 1.165) is 29.7 Å². The molecule has 0 bridgehead atoms. The lowest BCUT2D eigenvalue weighted by atomic mass is 10.2. The molecule has 0 radical (unpaired) electrons. The van der Waals surface area contributed by atoms with Gasteiger partial charge in [0.1, 0.15) is 10.8 Å². The second-order valence-electron chi connectivity index (χ2n) is 7.46. The molecule has 1 N–H and O–H groups in total. The summed E-state index contributed by atoms with van der Waals surface area (Å²) in [6, 6.07) is 17.4. The van der Waals surface area contributed by atoms with E-state index in [2.05, 4.69) is 15.5 Å². The minimum Gasteiger partial charge on any atom is -0.497 e.